The van der Waals surface area contributed by atoms with Gasteiger partial charge in [-0.15, -0.1) is 5.10 Å². The van der Waals surface area contributed by atoms with E-state index in [9.17, 15) is 4.79 Å². The van der Waals surface area contributed by atoms with Gasteiger partial charge in [0.25, 0.3) is 0 Å². The van der Waals surface area contributed by atoms with Crippen molar-refractivity contribution < 1.29 is 4.79 Å². The Hall–Kier alpha value is -2.24. The van der Waals surface area contributed by atoms with E-state index in [4.69, 9.17) is 0 Å². The third kappa shape index (κ3) is 2.71. The number of hydrogen-bond donors (Lipinski definition) is 1. The molecular formula is C12H15N5O. The van der Waals surface area contributed by atoms with Crippen molar-refractivity contribution in [3.05, 3.63) is 35.7 Å². The zero-order valence-corrected chi connectivity index (χ0v) is 10.4. The molecule has 2 rings (SSSR count). The number of carbonyl (C=O) groups excluding carboxylic acids is 1. The second-order valence-corrected chi connectivity index (χ2v) is 3.95. The lowest BCUT2D eigenvalue weighted by Gasteiger charge is -2.08. The first-order valence-corrected chi connectivity index (χ1v) is 5.79. The van der Waals surface area contributed by atoms with Crippen LogP contribution in [0.2, 0.25) is 0 Å². The van der Waals surface area contributed by atoms with E-state index in [2.05, 4.69) is 27.8 Å². The summed E-state index contributed by atoms with van der Waals surface area (Å²) in [5.41, 5.74) is 1.96. The SMILES string of the molecule is CCc1ccccc1NC(=O)Cc1nnnn1C. The van der Waals surface area contributed by atoms with Gasteiger partial charge in [-0.05, 0) is 28.5 Å². The highest BCUT2D eigenvalue weighted by atomic mass is 16.1. The Kier molecular flexibility index (Phi) is 3.66. The largest absolute Gasteiger partial charge is 0.325 e. The van der Waals surface area contributed by atoms with Crippen LogP contribution in [-0.2, 0) is 24.7 Å². The van der Waals surface area contributed by atoms with Gasteiger partial charge >= 0.3 is 0 Å². The summed E-state index contributed by atoms with van der Waals surface area (Å²) in [6.07, 6.45) is 1.05. The van der Waals surface area contributed by atoms with Gasteiger partial charge in [-0.2, -0.15) is 0 Å². The highest BCUT2D eigenvalue weighted by Crippen LogP contribution is 2.15. The van der Waals surface area contributed by atoms with Crippen LogP contribution in [0.25, 0.3) is 0 Å². The number of nitrogens with zero attached hydrogens (tertiary/aromatic N) is 4. The molecule has 0 saturated carbocycles. The minimum atomic E-state index is -0.117. The molecule has 2 aromatic rings. The Morgan fingerprint density at radius 2 is 2.17 bits per heavy atom. The molecule has 0 atom stereocenters. The molecule has 1 N–H and O–H groups in total. The highest BCUT2D eigenvalue weighted by molar-refractivity contribution is 5.92. The van der Waals surface area contributed by atoms with Crippen molar-refractivity contribution >= 4 is 11.6 Å². The summed E-state index contributed by atoms with van der Waals surface area (Å²) in [6, 6.07) is 7.75. The number of aromatic nitrogens is 4. The third-order valence-electron chi connectivity index (χ3n) is 2.70. The zero-order chi connectivity index (χ0) is 13.0. The highest BCUT2D eigenvalue weighted by Gasteiger charge is 2.10. The lowest BCUT2D eigenvalue weighted by atomic mass is 10.1. The molecule has 1 heterocycles. The minimum Gasteiger partial charge on any atom is -0.325 e. The third-order valence-corrected chi connectivity index (χ3v) is 2.70. The summed E-state index contributed by atoms with van der Waals surface area (Å²) in [6.45, 7) is 2.05. The average molecular weight is 245 g/mol. The molecule has 0 radical (unpaired) electrons. The smallest absolute Gasteiger partial charge is 0.232 e. The maximum absolute atomic E-state index is 11.9. The van der Waals surface area contributed by atoms with E-state index in [1.54, 1.807) is 7.05 Å². The van der Waals surface area contributed by atoms with E-state index in [1.165, 1.54) is 4.68 Å². The van der Waals surface area contributed by atoms with Gasteiger partial charge in [0, 0.05) is 12.7 Å². The van der Waals surface area contributed by atoms with E-state index < -0.39 is 0 Å². The predicted molar refractivity (Wildman–Crippen MR) is 67.0 cm³/mol. The quantitative estimate of drug-likeness (QED) is 0.870. The molecule has 0 spiro atoms. The van der Waals surface area contributed by atoms with Crippen molar-refractivity contribution in [1.29, 1.82) is 0 Å². The Balaban J connectivity index is 2.05. The molecule has 6 heteroatoms. The number of tetrazole rings is 1. The Morgan fingerprint density at radius 1 is 1.39 bits per heavy atom. The van der Waals surface area contributed by atoms with Crippen LogP contribution < -0.4 is 5.32 Å². The lowest BCUT2D eigenvalue weighted by molar-refractivity contribution is -0.115. The topological polar surface area (TPSA) is 72.7 Å². The van der Waals surface area contributed by atoms with Gasteiger partial charge in [0.1, 0.15) is 0 Å². The van der Waals surface area contributed by atoms with Crippen molar-refractivity contribution in [2.24, 2.45) is 7.05 Å². The Bertz CT molecular complexity index is 549. The van der Waals surface area contributed by atoms with E-state index in [1.807, 2.05) is 24.3 Å². The second-order valence-electron chi connectivity index (χ2n) is 3.95. The first-order valence-electron chi connectivity index (χ1n) is 5.79. The van der Waals surface area contributed by atoms with Gasteiger partial charge in [-0.1, -0.05) is 25.1 Å². The van der Waals surface area contributed by atoms with Crippen LogP contribution in [0.4, 0.5) is 5.69 Å². The second kappa shape index (κ2) is 5.39. The number of rotatable bonds is 4. The lowest BCUT2D eigenvalue weighted by Crippen LogP contribution is -2.18. The molecule has 18 heavy (non-hydrogen) atoms. The fourth-order valence-corrected chi connectivity index (χ4v) is 1.69. The number of para-hydroxylation sites is 1. The molecule has 0 saturated heterocycles. The number of amides is 1. The fourth-order valence-electron chi connectivity index (χ4n) is 1.69. The van der Waals surface area contributed by atoms with Gasteiger partial charge in [-0.25, -0.2) is 4.68 Å². The van der Waals surface area contributed by atoms with Gasteiger partial charge < -0.3 is 5.32 Å². The molecule has 94 valence electrons. The molecule has 1 aromatic carbocycles. The van der Waals surface area contributed by atoms with Crippen molar-refractivity contribution in [2.45, 2.75) is 19.8 Å². The normalized spacial score (nSPS) is 10.3. The maximum atomic E-state index is 11.9. The number of aryl methyl sites for hydroxylation is 2. The van der Waals surface area contributed by atoms with Crippen molar-refractivity contribution in [3.8, 4) is 0 Å². The molecule has 1 aromatic heterocycles. The molecule has 0 unspecified atom stereocenters. The van der Waals surface area contributed by atoms with Crippen molar-refractivity contribution in [2.75, 3.05) is 5.32 Å². The number of carbonyl (C=O) groups is 1. The number of nitrogens with one attached hydrogen (secondary N) is 1. The van der Waals surface area contributed by atoms with Crippen LogP contribution in [0.3, 0.4) is 0 Å². The van der Waals surface area contributed by atoms with Crippen molar-refractivity contribution in [1.82, 2.24) is 20.2 Å². The van der Waals surface area contributed by atoms with Crippen LogP contribution in [0.15, 0.2) is 24.3 Å². The fraction of sp³-hybridized carbons (Fsp3) is 0.333. The van der Waals surface area contributed by atoms with E-state index in [0.717, 1.165) is 17.7 Å². The Morgan fingerprint density at radius 3 is 2.83 bits per heavy atom. The van der Waals surface area contributed by atoms with E-state index in [-0.39, 0.29) is 12.3 Å². The summed E-state index contributed by atoms with van der Waals surface area (Å²) in [4.78, 5) is 11.9. The zero-order valence-electron chi connectivity index (χ0n) is 10.4. The predicted octanol–water partition coefficient (Wildman–Crippen LogP) is 0.954. The molecule has 1 amide bonds. The summed E-state index contributed by atoms with van der Waals surface area (Å²) in [5, 5.41) is 13.8. The molecule has 0 aliphatic carbocycles. The van der Waals surface area contributed by atoms with Gasteiger partial charge in [-0.3, -0.25) is 4.79 Å². The standard InChI is InChI=1S/C12H15N5O/c1-3-9-6-4-5-7-10(9)13-12(18)8-11-14-15-16-17(11)2/h4-7H,3,8H2,1-2H3,(H,13,18). The average Bonchev–Trinajstić information content (AvgIpc) is 2.75. The van der Waals surface area contributed by atoms with Gasteiger partial charge in [0.15, 0.2) is 5.82 Å². The maximum Gasteiger partial charge on any atom is 0.232 e. The summed E-state index contributed by atoms with van der Waals surface area (Å²) < 4.78 is 1.49. The molecule has 0 aliphatic heterocycles. The van der Waals surface area contributed by atoms with Crippen LogP contribution in [-0.4, -0.2) is 26.1 Å². The van der Waals surface area contributed by atoms with E-state index >= 15 is 0 Å². The van der Waals surface area contributed by atoms with E-state index in [0.29, 0.717) is 5.82 Å². The number of hydrogen-bond acceptors (Lipinski definition) is 4. The molecule has 0 bridgehead atoms. The first kappa shape index (κ1) is 12.2. The van der Waals surface area contributed by atoms with Crippen LogP contribution in [0.1, 0.15) is 18.3 Å². The van der Waals surface area contributed by atoms with Crippen LogP contribution in [0.5, 0.6) is 0 Å². The van der Waals surface area contributed by atoms with Crippen LogP contribution >= 0.6 is 0 Å². The number of benzene rings is 1. The monoisotopic (exact) mass is 245 g/mol. The number of anilines is 1. The first-order chi connectivity index (χ1) is 8.70. The molecule has 0 fully saturated rings. The summed E-state index contributed by atoms with van der Waals surface area (Å²) >= 11 is 0. The van der Waals surface area contributed by atoms with Crippen LogP contribution in [0, 0.1) is 0 Å². The van der Waals surface area contributed by atoms with Gasteiger partial charge in [0.2, 0.25) is 5.91 Å². The van der Waals surface area contributed by atoms with Crippen molar-refractivity contribution in [3.63, 3.8) is 0 Å². The molecular weight excluding hydrogens is 230 g/mol. The summed E-state index contributed by atoms with van der Waals surface area (Å²) in [7, 11) is 1.71. The van der Waals surface area contributed by atoms with Gasteiger partial charge in [0.05, 0.1) is 6.42 Å². The molecule has 6 nitrogen and oxygen atoms in total. The minimum absolute atomic E-state index is 0.117. The summed E-state index contributed by atoms with van der Waals surface area (Å²) in [5.74, 6) is 0.426. The molecule has 0 aliphatic rings. The Labute approximate surface area is 105 Å².